The summed E-state index contributed by atoms with van der Waals surface area (Å²) in [5.74, 6) is -0.771. The molecule has 2 heterocycles. The topological polar surface area (TPSA) is 100 Å². The SMILES string of the molecule is CN(C(=O)O)c1cc2cc(-c3ccc(F)c(S(=O)(=O)N4CCOCC4)c3)cc(Cl)c2o1. The van der Waals surface area contributed by atoms with Gasteiger partial charge in [-0.2, -0.15) is 4.31 Å². The summed E-state index contributed by atoms with van der Waals surface area (Å²) < 4.78 is 52.3. The Kier molecular flexibility index (Phi) is 5.65. The highest BCUT2D eigenvalue weighted by molar-refractivity contribution is 7.89. The molecule has 8 nitrogen and oxygen atoms in total. The van der Waals surface area contributed by atoms with Crippen molar-refractivity contribution in [2.75, 3.05) is 38.3 Å². The smallest absolute Gasteiger partial charge is 0.413 e. The van der Waals surface area contributed by atoms with E-state index >= 15 is 0 Å². The number of hydrogen-bond donors (Lipinski definition) is 1. The van der Waals surface area contributed by atoms with Gasteiger partial charge < -0.3 is 14.3 Å². The normalized spacial score (nSPS) is 15.3. The van der Waals surface area contributed by atoms with Crippen LogP contribution in [0.15, 0.2) is 45.7 Å². The Morgan fingerprint density at radius 2 is 1.87 bits per heavy atom. The third-order valence-corrected chi connectivity index (χ3v) is 7.22. The lowest BCUT2D eigenvalue weighted by Crippen LogP contribution is -2.40. The summed E-state index contributed by atoms with van der Waals surface area (Å²) in [4.78, 5) is 11.6. The molecule has 0 saturated carbocycles. The van der Waals surface area contributed by atoms with Gasteiger partial charge in [0.25, 0.3) is 0 Å². The van der Waals surface area contributed by atoms with Gasteiger partial charge in [0.2, 0.25) is 15.9 Å². The van der Waals surface area contributed by atoms with E-state index < -0.39 is 26.8 Å². The summed E-state index contributed by atoms with van der Waals surface area (Å²) in [6, 6.07) is 8.55. The molecule has 1 saturated heterocycles. The van der Waals surface area contributed by atoms with Gasteiger partial charge in [-0.25, -0.2) is 17.6 Å². The number of rotatable bonds is 4. The summed E-state index contributed by atoms with van der Waals surface area (Å²) in [7, 11) is -2.71. The number of ether oxygens (including phenoxy) is 1. The lowest BCUT2D eigenvalue weighted by molar-refractivity contribution is 0.0729. The molecular formula is C20H18ClFN2O6S. The maximum atomic E-state index is 14.5. The molecule has 3 aromatic rings. The molecule has 11 heteroatoms. The number of furan rings is 1. The summed E-state index contributed by atoms with van der Waals surface area (Å²) >= 11 is 6.32. The number of sulfonamides is 1. The van der Waals surface area contributed by atoms with Gasteiger partial charge in [-0.3, -0.25) is 4.90 Å². The van der Waals surface area contributed by atoms with E-state index in [1.54, 1.807) is 12.1 Å². The van der Waals surface area contributed by atoms with Gasteiger partial charge in [-0.1, -0.05) is 17.7 Å². The number of carbonyl (C=O) groups is 1. The molecule has 1 aliphatic rings. The lowest BCUT2D eigenvalue weighted by Gasteiger charge is -2.26. The van der Waals surface area contributed by atoms with Crippen molar-refractivity contribution < 1.29 is 31.9 Å². The monoisotopic (exact) mass is 468 g/mol. The number of carboxylic acid groups (broad SMARTS) is 1. The van der Waals surface area contributed by atoms with Crippen LogP contribution in [0.2, 0.25) is 5.02 Å². The van der Waals surface area contributed by atoms with E-state index in [2.05, 4.69) is 0 Å². The Bertz CT molecular complexity index is 1270. The van der Waals surface area contributed by atoms with Crippen LogP contribution in [0.3, 0.4) is 0 Å². The minimum Gasteiger partial charge on any atom is -0.465 e. The van der Waals surface area contributed by atoms with Crippen molar-refractivity contribution in [3.8, 4) is 11.1 Å². The molecular weight excluding hydrogens is 451 g/mol. The van der Waals surface area contributed by atoms with Crippen molar-refractivity contribution in [3.63, 3.8) is 0 Å². The van der Waals surface area contributed by atoms with Gasteiger partial charge in [0.1, 0.15) is 10.7 Å². The largest absolute Gasteiger partial charge is 0.465 e. The van der Waals surface area contributed by atoms with Crippen LogP contribution >= 0.6 is 11.6 Å². The first-order valence-corrected chi connectivity index (χ1v) is 11.1. The molecule has 2 aromatic carbocycles. The zero-order valence-electron chi connectivity index (χ0n) is 16.3. The zero-order valence-corrected chi connectivity index (χ0v) is 17.9. The molecule has 0 aliphatic carbocycles. The maximum Gasteiger partial charge on any atom is 0.413 e. The van der Waals surface area contributed by atoms with E-state index in [1.165, 1.54) is 29.6 Å². The second-order valence-corrected chi connectivity index (χ2v) is 9.28. The highest BCUT2D eigenvalue weighted by Gasteiger charge is 2.29. The highest BCUT2D eigenvalue weighted by atomic mass is 35.5. The highest BCUT2D eigenvalue weighted by Crippen LogP contribution is 2.36. The standard InChI is InChI=1S/C20H18ClFN2O6S/c1-23(20(25)26)18-11-14-8-13(9-15(21)19(14)30-18)12-2-3-16(22)17(10-12)31(27,28)24-4-6-29-7-5-24/h2-3,8-11H,4-7H2,1H3,(H,25,26). The summed E-state index contributed by atoms with van der Waals surface area (Å²) in [6.45, 7) is 0.804. The van der Waals surface area contributed by atoms with E-state index in [0.29, 0.717) is 16.5 Å². The van der Waals surface area contributed by atoms with Crippen molar-refractivity contribution in [2.24, 2.45) is 0 Å². The van der Waals surface area contributed by atoms with Crippen LogP contribution in [0.25, 0.3) is 22.1 Å². The molecule has 4 rings (SSSR count). The van der Waals surface area contributed by atoms with Crippen molar-refractivity contribution >= 4 is 44.6 Å². The Morgan fingerprint density at radius 1 is 1.16 bits per heavy atom. The molecule has 31 heavy (non-hydrogen) atoms. The Morgan fingerprint density at radius 3 is 2.55 bits per heavy atom. The number of benzene rings is 2. The van der Waals surface area contributed by atoms with Gasteiger partial charge in [0.05, 0.1) is 18.2 Å². The van der Waals surface area contributed by atoms with Crippen LogP contribution in [-0.4, -0.2) is 57.3 Å². The van der Waals surface area contributed by atoms with Crippen LogP contribution in [0, 0.1) is 5.82 Å². The van der Waals surface area contributed by atoms with E-state index in [1.807, 2.05) is 0 Å². The first-order valence-electron chi connectivity index (χ1n) is 9.26. The second kappa shape index (κ2) is 8.12. The van der Waals surface area contributed by atoms with Crippen LogP contribution in [0.4, 0.5) is 15.1 Å². The Balaban J connectivity index is 1.78. The van der Waals surface area contributed by atoms with E-state index in [-0.39, 0.29) is 42.8 Å². The predicted molar refractivity (Wildman–Crippen MR) is 113 cm³/mol. The van der Waals surface area contributed by atoms with Crippen molar-refractivity contribution in [2.45, 2.75) is 4.90 Å². The summed E-state index contributed by atoms with van der Waals surface area (Å²) in [6.07, 6.45) is -1.20. The van der Waals surface area contributed by atoms with E-state index in [0.717, 1.165) is 11.0 Å². The molecule has 1 aliphatic heterocycles. The molecule has 0 unspecified atom stereocenters. The number of fused-ring (bicyclic) bond motifs is 1. The van der Waals surface area contributed by atoms with Gasteiger partial charge in [0.15, 0.2) is 5.58 Å². The minimum absolute atomic E-state index is 0.0799. The summed E-state index contributed by atoms with van der Waals surface area (Å²) in [5, 5.41) is 9.86. The molecule has 1 aromatic heterocycles. The van der Waals surface area contributed by atoms with Crippen molar-refractivity contribution in [1.29, 1.82) is 0 Å². The zero-order chi connectivity index (χ0) is 22.3. The fourth-order valence-corrected chi connectivity index (χ4v) is 5.09. The number of amides is 1. The first-order chi connectivity index (χ1) is 14.7. The quantitative estimate of drug-likeness (QED) is 0.620. The minimum atomic E-state index is -4.04. The van der Waals surface area contributed by atoms with Gasteiger partial charge in [-0.15, -0.1) is 0 Å². The molecule has 0 bridgehead atoms. The number of anilines is 1. The first kappa shape index (κ1) is 21.6. The number of nitrogens with zero attached hydrogens (tertiary/aromatic N) is 2. The number of morpholine rings is 1. The summed E-state index contributed by atoms with van der Waals surface area (Å²) in [5.41, 5.74) is 1.25. The lowest BCUT2D eigenvalue weighted by atomic mass is 10.0. The van der Waals surface area contributed by atoms with E-state index in [9.17, 15) is 17.6 Å². The molecule has 0 radical (unpaired) electrons. The molecule has 1 amide bonds. The molecule has 0 spiro atoms. The average molecular weight is 469 g/mol. The fraction of sp³-hybridized carbons (Fsp3) is 0.250. The molecule has 1 fully saturated rings. The average Bonchev–Trinajstić information content (AvgIpc) is 3.18. The molecule has 1 N–H and O–H groups in total. The van der Waals surface area contributed by atoms with Crippen molar-refractivity contribution in [3.05, 3.63) is 47.2 Å². The van der Waals surface area contributed by atoms with Crippen LogP contribution in [0.1, 0.15) is 0 Å². The van der Waals surface area contributed by atoms with Crippen LogP contribution < -0.4 is 4.90 Å². The predicted octanol–water partition coefficient (Wildman–Crippen LogP) is 4.03. The van der Waals surface area contributed by atoms with Gasteiger partial charge in [0, 0.05) is 31.6 Å². The van der Waals surface area contributed by atoms with Crippen molar-refractivity contribution in [1.82, 2.24) is 4.31 Å². The molecule has 0 atom stereocenters. The second-order valence-electron chi connectivity index (χ2n) is 6.96. The third kappa shape index (κ3) is 3.99. The van der Waals surface area contributed by atoms with Crippen LogP contribution in [0.5, 0.6) is 0 Å². The molecule has 164 valence electrons. The Hall–Kier alpha value is -2.66. The fourth-order valence-electron chi connectivity index (χ4n) is 3.33. The van der Waals surface area contributed by atoms with Crippen LogP contribution in [-0.2, 0) is 14.8 Å². The van der Waals surface area contributed by atoms with Gasteiger partial charge >= 0.3 is 6.09 Å². The maximum absolute atomic E-state index is 14.5. The number of halogens is 2. The third-order valence-electron chi connectivity index (χ3n) is 5.03. The van der Waals surface area contributed by atoms with Gasteiger partial charge in [-0.05, 0) is 35.4 Å². The Labute approximate surface area is 182 Å². The van der Waals surface area contributed by atoms with E-state index in [4.69, 9.17) is 25.9 Å². The number of hydrogen-bond acceptors (Lipinski definition) is 5.